The van der Waals surface area contributed by atoms with Crippen LogP contribution in [0, 0.1) is 0 Å². The van der Waals surface area contributed by atoms with E-state index in [9.17, 15) is 9.90 Å². The second kappa shape index (κ2) is 6.54. The van der Waals surface area contributed by atoms with Gasteiger partial charge >= 0.3 is 0 Å². The number of para-hydroxylation sites is 1. The summed E-state index contributed by atoms with van der Waals surface area (Å²) < 4.78 is 0. The summed E-state index contributed by atoms with van der Waals surface area (Å²) in [5.74, 6) is 0.296. The van der Waals surface area contributed by atoms with Crippen LogP contribution in [0.15, 0.2) is 54.7 Å². The van der Waals surface area contributed by atoms with Crippen LogP contribution in [0.25, 0.3) is 11.4 Å². The van der Waals surface area contributed by atoms with Crippen LogP contribution < -0.4 is 5.32 Å². The van der Waals surface area contributed by atoms with E-state index in [0.717, 1.165) is 5.56 Å². The molecule has 23 heavy (non-hydrogen) atoms. The quantitative estimate of drug-likeness (QED) is 0.687. The number of phenols is 1. The number of hydrogen-bond acceptors (Lipinski definition) is 3. The molecule has 0 aliphatic carbocycles. The van der Waals surface area contributed by atoms with E-state index >= 15 is 0 Å². The third-order valence-corrected chi connectivity index (χ3v) is 3.68. The number of aromatic amines is 1. The van der Waals surface area contributed by atoms with E-state index < -0.39 is 0 Å². The van der Waals surface area contributed by atoms with Gasteiger partial charge in [0, 0.05) is 17.7 Å². The summed E-state index contributed by atoms with van der Waals surface area (Å²) >= 11 is 5.84. The summed E-state index contributed by atoms with van der Waals surface area (Å²) in [5.41, 5.74) is 1.80. The average Bonchev–Trinajstić information content (AvgIpc) is 3.07. The second-order valence-electron chi connectivity index (χ2n) is 4.94. The van der Waals surface area contributed by atoms with Gasteiger partial charge in [-0.05, 0) is 6.07 Å². The molecule has 1 heterocycles. The first-order valence-electron chi connectivity index (χ1n) is 7.00. The molecule has 0 unspecified atom stereocenters. The van der Waals surface area contributed by atoms with E-state index in [1.807, 2.05) is 30.3 Å². The smallest absolute Gasteiger partial charge is 0.269 e. The lowest BCUT2D eigenvalue weighted by molar-refractivity contribution is 0.0946. The predicted octanol–water partition coefficient (Wildman–Crippen LogP) is 3.37. The third kappa shape index (κ3) is 3.35. The monoisotopic (exact) mass is 327 g/mol. The number of rotatable bonds is 4. The number of amides is 1. The summed E-state index contributed by atoms with van der Waals surface area (Å²) in [6.45, 7) is 0.172. The second-order valence-corrected chi connectivity index (χ2v) is 5.35. The lowest BCUT2D eigenvalue weighted by Gasteiger charge is -2.07. The first-order chi connectivity index (χ1) is 11.1. The Balaban J connectivity index is 1.70. The Morgan fingerprint density at radius 2 is 1.96 bits per heavy atom. The highest BCUT2D eigenvalue weighted by Gasteiger charge is 2.12. The van der Waals surface area contributed by atoms with Crippen molar-refractivity contribution < 1.29 is 9.90 Å². The lowest BCUT2D eigenvalue weighted by Crippen LogP contribution is -2.23. The van der Waals surface area contributed by atoms with Crippen LogP contribution in [0.5, 0.6) is 5.75 Å². The molecule has 5 nitrogen and oxygen atoms in total. The maximum atomic E-state index is 12.2. The molecule has 1 amide bonds. The van der Waals surface area contributed by atoms with Gasteiger partial charge < -0.3 is 15.4 Å². The molecule has 3 rings (SSSR count). The molecule has 6 heteroatoms. The third-order valence-electron chi connectivity index (χ3n) is 3.38. The van der Waals surface area contributed by atoms with Gasteiger partial charge in [0.25, 0.3) is 5.91 Å². The maximum Gasteiger partial charge on any atom is 0.269 e. The Hall–Kier alpha value is -2.79. The molecule has 3 N–H and O–H groups in total. The maximum absolute atomic E-state index is 12.2. The summed E-state index contributed by atoms with van der Waals surface area (Å²) in [4.78, 5) is 19.3. The lowest BCUT2D eigenvalue weighted by atomic mass is 10.2. The minimum absolute atomic E-state index is 0.0240. The van der Waals surface area contributed by atoms with Crippen LogP contribution in [0.1, 0.15) is 16.1 Å². The van der Waals surface area contributed by atoms with Gasteiger partial charge in [-0.25, -0.2) is 4.98 Å². The largest absolute Gasteiger partial charge is 0.506 e. The van der Waals surface area contributed by atoms with Crippen molar-refractivity contribution in [2.24, 2.45) is 0 Å². The Morgan fingerprint density at radius 3 is 2.74 bits per heavy atom. The van der Waals surface area contributed by atoms with Crippen LogP contribution in [0.3, 0.4) is 0 Å². The number of imidazole rings is 1. The summed E-state index contributed by atoms with van der Waals surface area (Å²) in [5, 5.41) is 12.8. The first-order valence-corrected chi connectivity index (χ1v) is 7.38. The topological polar surface area (TPSA) is 78.0 Å². The fourth-order valence-corrected chi connectivity index (χ4v) is 2.35. The molecule has 0 spiro atoms. The standard InChI is InChI=1S/C17H14ClN3O2/c18-13-8-4-7-12(15(13)22)9-20-17(23)14-10-19-16(21-14)11-5-2-1-3-6-11/h1-8,10,22H,9H2,(H,19,21)(H,20,23). The number of H-pyrrole nitrogens is 1. The predicted molar refractivity (Wildman–Crippen MR) is 88.3 cm³/mol. The number of aromatic hydroxyl groups is 1. The highest BCUT2D eigenvalue weighted by molar-refractivity contribution is 6.32. The Bertz CT molecular complexity index is 831. The van der Waals surface area contributed by atoms with Gasteiger partial charge in [-0.1, -0.05) is 54.1 Å². The zero-order valence-electron chi connectivity index (χ0n) is 12.1. The number of benzene rings is 2. The van der Waals surface area contributed by atoms with Crippen molar-refractivity contribution in [2.45, 2.75) is 6.54 Å². The number of phenolic OH excluding ortho intramolecular Hbond substituents is 1. The van der Waals surface area contributed by atoms with Crippen molar-refractivity contribution in [2.75, 3.05) is 0 Å². The number of nitrogens with one attached hydrogen (secondary N) is 2. The molecule has 2 aromatic carbocycles. The highest BCUT2D eigenvalue weighted by Crippen LogP contribution is 2.26. The van der Waals surface area contributed by atoms with Crippen LogP contribution in [-0.2, 0) is 6.54 Å². The molecule has 0 atom stereocenters. The molecule has 0 aliphatic rings. The van der Waals surface area contributed by atoms with Crippen LogP contribution in [0.4, 0.5) is 0 Å². The van der Waals surface area contributed by atoms with Crippen molar-refractivity contribution in [3.63, 3.8) is 0 Å². The SMILES string of the molecule is O=C(NCc1cccc(Cl)c1O)c1cnc(-c2ccccc2)[nH]1. The van der Waals surface area contributed by atoms with E-state index in [1.165, 1.54) is 6.20 Å². The van der Waals surface area contributed by atoms with Gasteiger partial charge in [0.1, 0.15) is 17.3 Å². The zero-order valence-corrected chi connectivity index (χ0v) is 12.8. The molecule has 116 valence electrons. The number of carbonyl (C=O) groups is 1. The minimum atomic E-state index is -0.306. The van der Waals surface area contributed by atoms with E-state index in [0.29, 0.717) is 17.1 Å². The van der Waals surface area contributed by atoms with E-state index in [1.54, 1.807) is 18.2 Å². The molecule has 0 fully saturated rings. The van der Waals surface area contributed by atoms with Crippen LogP contribution in [0.2, 0.25) is 5.02 Å². The van der Waals surface area contributed by atoms with Gasteiger partial charge in [-0.2, -0.15) is 0 Å². The molecule has 0 saturated heterocycles. The molecule has 0 bridgehead atoms. The van der Waals surface area contributed by atoms with E-state index in [-0.39, 0.29) is 23.2 Å². The average molecular weight is 328 g/mol. The van der Waals surface area contributed by atoms with E-state index in [2.05, 4.69) is 15.3 Å². The van der Waals surface area contributed by atoms with Crippen LogP contribution >= 0.6 is 11.6 Å². The van der Waals surface area contributed by atoms with Gasteiger partial charge in [0.05, 0.1) is 11.2 Å². The van der Waals surface area contributed by atoms with Gasteiger partial charge in [0.2, 0.25) is 0 Å². The van der Waals surface area contributed by atoms with E-state index in [4.69, 9.17) is 11.6 Å². The van der Waals surface area contributed by atoms with Gasteiger partial charge in [-0.15, -0.1) is 0 Å². The number of halogens is 1. The minimum Gasteiger partial charge on any atom is -0.506 e. The molecule has 1 aromatic heterocycles. The molecule has 0 saturated carbocycles. The van der Waals surface area contributed by atoms with Gasteiger partial charge in [-0.3, -0.25) is 4.79 Å². The Morgan fingerprint density at radius 1 is 1.17 bits per heavy atom. The van der Waals surface area contributed by atoms with Gasteiger partial charge in [0.15, 0.2) is 0 Å². The first kappa shape index (κ1) is 15.1. The Kier molecular flexibility index (Phi) is 4.30. The normalized spacial score (nSPS) is 10.5. The molecule has 0 radical (unpaired) electrons. The number of hydrogen-bond donors (Lipinski definition) is 3. The van der Waals surface area contributed by atoms with Crippen molar-refractivity contribution in [3.8, 4) is 17.1 Å². The molecule has 3 aromatic rings. The van der Waals surface area contributed by atoms with Crippen molar-refractivity contribution in [3.05, 3.63) is 71.0 Å². The summed E-state index contributed by atoms with van der Waals surface area (Å²) in [7, 11) is 0. The molecule has 0 aliphatic heterocycles. The molecular formula is C17H14ClN3O2. The number of nitrogens with zero attached hydrogens (tertiary/aromatic N) is 1. The fourth-order valence-electron chi connectivity index (χ4n) is 2.15. The van der Waals surface area contributed by atoms with Crippen LogP contribution in [-0.4, -0.2) is 21.0 Å². The Labute approximate surface area is 138 Å². The zero-order chi connectivity index (χ0) is 16.2. The van der Waals surface area contributed by atoms with Crippen molar-refractivity contribution in [1.82, 2.24) is 15.3 Å². The fraction of sp³-hybridized carbons (Fsp3) is 0.0588. The number of carbonyl (C=O) groups excluding carboxylic acids is 1. The number of aromatic nitrogens is 2. The highest BCUT2D eigenvalue weighted by atomic mass is 35.5. The molecular weight excluding hydrogens is 314 g/mol. The van der Waals surface area contributed by atoms with Crippen molar-refractivity contribution in [1.29, 1.82) is 0 Å². The summed E-state index contributed by atoms with van der Waals surface area (Å²) in [6.07, 6.45) is 1.48. The summed E-state index contributed by atoms with van der Waals surface area (Å²) in [6, 6.07) is 14.5. The van der Waals surface area contributed by atoms with Crippen molar-refractivity contribution >= 4 is 17.5 Å².